The van der Waals surface area contributed by atoms with E-state index in [9.17, 15) is 0 Å². The van der Waals surface area contributed by atoms with Gasteiger partial charge in [0, 0.05) is 20.2 Å². The van der Waals surface area contributed by atoms with Crippen molar-refractivity contribution in [2.45, 2.75) is 12.3 Å². The summed E-state index contributed by atoms with van der Waals surface area (Å²) >= 11 is 1.91. The van der Waals surface area contributed by atoms with Crippen LogP contribution < -0.4 is 0 Å². The summed E-state index contributed by atoms with van der Waals surface area (Å²) in [6.07, 6.45) is 0. The zero-order chi connectivity index (χ0) is 25.7. The monoisotopic (exact) mass is 512 g/mol. The van der Waals surface area contributed by atoms with E-state index in [1.165, 1.54) is 81.4 Å². The Balaban J connectivity index is 1.40. The zero-order valence-corrected chi connectivity index (χ0v) is 22.3. The molecule has 7 aromatic rings. The van der Waals surface area contributed by atoms with Crippen LogP contribution in [0.5, 0.6) is 0 Å². The van der Waals surface area contributed by atoms with Gasteiger partial charge in [0.2, 0.25) is 0 Å². The van der Waals surface area contributed by atoms with Crippen molar-refractivity contribution in [2.75, 3.05) is 0 Å². The van der Waals surface area contributed by atoms with Crippen LogP contribution in [0.1, 0.15) is 27.8 Å². The highest BCUT2D eigenvalue weighted by molar-refractivity contribution is 7.26. The lowest BCUT2D eigenvalue weighted by Crippen LogP contribution is -2.26. The van der Waals surface area contributed by atoms with Gasteiger partial charge in [0.1, 0.15) is 0 Å². The molecule has 0 radical (unpaired) electrons. The standard InChI is InChI=1S/C38H24S/c1-23-17-19-28-29-20-18-24(25-12-8-13-31-30-11-4-7-16-36(30)39-37(25)31)22-35(29)38(34(28)21-23)32-14-5-2-9-26(32)27-10-3-6-15-33(27)38/h2-22H,1H3. The van der Waals surface area contributed by atoms with Crippen LogP contribution in [-0.4, -0.2) is 0 Å². The Morgan fingerprint density at radius 1 is 0.462 bits per heavy atom. The molecule has 1 heteroatoms. The van der Waals surface area contributed by atoms with E-state index in [0.717, 1.165) is 0 Å². The number of rotatable bonds is 1. The van der Waals surface area contributed by atoms with Gasteiger partial charge in [-0.05, 0) is 74.7 Å². The van der Waals surface area contributed by atoms with Gasteiger partial charge in [0.25, 0.3) is 0 Å². The smallest absolute Gasteiger partial charge is 0.0725 e. The zero-order valence-electron chi connectivity index (χ0n) is 21.5. The number of hydrogen-bond donors (Lipinski definition) is 0. The lowest BCUT2D eigenvalue weighted by molar-refractivity contribution is 0.793. The molecule has 182 valence electrons. The molecule has 0 nitrogen and oxygen atoms in total. The van der Waals surface area contributed by atoms with Crippen LogP contribution in [0, 0.1) is 6.92 Å². The molecule has 0 atom stereocenters. The van der Waals surface area contributed by atoms with E-state index in [1.54, 1.807) is 0 Å². The molecule has 0 amide bonds. The molecule has 0 aliphatic heterocycles. The maximum Gasteiger partial charge on any atom is 0.0725 e. The molecule has 0 saturated carbocycles. The molecule has 1 spiro atoms. The highest BCUT2D eigenvalue weighted by Crippen LogP contribution is 2.63. The fourth-order valence-electron chi connectivity index (χ4n) is 7.40. The number of aryl methyl sites for hydroxylation is 1. The Morgan fingerprint density at radius 3 is 1.85 bits per heavy atom. The third-order valence-corrected chi connectivity index (χ3v) is 10.2. The number of benzene rings is 6. The predicted molar refractivity (Wildman–Crippen MR) is 166 cm³/mol. The van der Waals surface area contributed by atoms with Crippen LogP contribution >= 0.6 is 11.3 Å². The fourth-order valence-corrected chi connectivity index (χ4v) is 8.63. The highest BCUT2D eigenvalue weighted by atomic mass is 32.1. The third-order valence-electron chi connectivity index (χ3n) is 8.96. The molecule has 6 aromatic carbocycles. The fraction of sp³-hybridized carbons (Fsp3) is 0.0526. The highest BCUT2D eigenvalue weighted by Gasteiger charge is 2.51. The van der Waals surface area contributed by atoms with E-state index < -0.39 is 0 Å². The maximum atomic E-state index is 2.50. The van der Waals surface area contributed by atoms with Gasteiger partial charge >= 0.3 is 0 Å². The molecule has 1 heterocycles. The van der Waals surface area contributed by atoms with Gasteiger partial charge in [-0.3, -0.25) is 0 Å². The Morgan fingerprint density at radius 2 is 1.05 bits per heavy atom. The normalized spacial score (nSPS) is 14.0. The van der Waals surface area contributed by atoms with Gasteiger partial charge in [-0.25, -0.2) is 0 Å². The lowest BCUT2D eigenvalue weighted by Gasteiger charge is -2.31. The minimum Gasteiger partial charge on any atom is -0.135 e. The van der Waals surface area contributed by atoms with Gasteiger partial charge in [-0.1, -0.05) is 121 Å². The van der Waals surface area contributed by atoms with Crippen LogP contribution in [-0.2, 0) is 5.41 Å². The van der Waals surface area contributed by atoms with Crippen LogP contribution in [0.2, 0.25) is 0 Å². The average molecular weight is 513 g/mol. The Kier molecular flexibility index (Phi) is 4.16. The van der Waals surface area contributed by atoms with E-state index in [0.29, 0.717) is 0 Å². The van der Waals surface area contributed by atoms with E-state index in [1.807, 2.05) is 11.3 Å². The number of hydrogen-bond acceptors (Lipinski definition) is 1. The first kappa shape index (κ1) is 21.5. The first-order chi connectivity index (χ1) is 19.2. The van der Waals surface area contributed by atoms with E-state index in [4.69, 9.17) is 0 Å². The summed E-state index contributed by atoms with van der Waals surface area (Å²) in [5.74, 6) is 0. The summed E-state index contributed by atoms with van der Waals surface area (Å²) in [6, 6.07) is 47.9. The summed E-state index contributed by atoms with van der Waals surface area (Å²) in [6.45, 7) is 2.22. The molecular weight excluding hydrogens is 488 g/mol. The summed E-state index contributed by atoms with van der Waals surface area (Å²) in [5.41, 5.74) is 14.6. The van der Waals surface area contributed by atoms with Crippen LogP contribution in [0.4, 0.5) is 0 Å². The third kappa shape index (κ3) is 2.63. The average Bonchev–Trinajstić information content (AvgIpc) is 3.60. The summed E-state index contributed by atoms with van der Waals surface area (Å²) in [7, 11) is 0. The second kappa shape index (κ2) is 7.56. The molecule has 1 aromatic heterocycles. The van der Waals surface area contributed by atoms with Crippen molar-refractivity contribution in [1.82, 2.24) is 0 Å². The Hall–Kier alpha value is -4.46. The van der Waals surface area contributed by atoms with Crippen molar-refractivity contribution in [1.29, 1.82) is 0 Å². The topological polar surface area (TPSA) is 0 Å². The SMILES string of the molecule is Cc1ccc2c(c1)C1(c3ccccc3-c3ccccc31)c1cc(-c3cccc4c3sc3ccccc34)ccc1-2. The molecule has 2 aliphatic carbocycles. The molecule has 0 saturated heterocycles. The molecule has 0 bridgehead atoms. The minimum atomic E-state index is -0.312. The van der Waals surface area contributed by atoms with Crippen LogP contribution in [0.3, 0.4) is 0 Å². The van der Waals surface area contributed by atoms with Crippen molar-refractivity contribution in [2.24, 2.45) is 0 Å². The van der Waals surface area contributed by atoms with Gasteiger partial charge in [0.05, 0.1) is 5.41 Å². The first-order valence-electron chi connectivity index (χ1n) is 13.6. The summed E-state index contributed by atoms with van der Waals surface area (Å²) in [4.78, 5) is 0. The lowest BCUT2D eigenvalue weighted by atomic mass is 9.70. The number of thiophene rings is 1. The van der Waals surface area contributed by atoms with Crippen LogP contribution in [0.15, 0.2) is 127 Å². The molecule has 0 unspecified atom stereocenters. The van der Waals surface area contributed by atoms with Gasteiger partial charge in [-0.2, -0.15) is 0 Å². The first-order valence-corrected chi connectivity index (χ1v) is 14.4. The van der Waals surface area contributed by atoms with Crippen molar-refractivity contribution in [3.63, 3.8) is 0 Å². The quantitative estimate of drug-likeness (QED) is 0.205. The maximum absolute atomic E-state index is 2.50. The van der Waals surface area contributed by atoms with Gasteiger partial charge in [0.15, 0.2) is 0 Å². The summed E-state index contributed by atoms with van der Waals surface area (Å²) in [5, 5.41) is 2.69. The Bertz CT molecular complexity index is 2100. The summed E-state index contributed by atoms with van der Waals surface area (Å²) < 4.78 is 2.71. The predicted octanol–water partition coefficient (Wildman–Crippen LogP) is 10.4. The van der Waals surface area contributed by atoms with Crippen molar-refractivity contribution in [3.05, 3.63) is 155 Å². The van der Waals surface area contributed by atoms with E-state index >= 15 is 0 Å². The largest absolute Gasteiger partial charge is 0.135 e. The van der Waals surface area contributed by atoms with Crippen molar-refractivity contribution >= 4 is 31.5 Å². The van der Waals surface area contributed by atoms with Crippen molar-refractivity contribution in [3.8, 4) is 33.4 Å². The Labute approximate surface area is 231 Å². The van der Waals surface area contributed by atoms with E-state index in [-0.39, 0.29) is 5.41 Å². The van der Waals surface area contributed by atoms with E-state index in [2.05, 4.69) is 134 Å². The molecule has 9 rings (SSSR count). The minimum absolute atomic E-state index is 0.312. The van der Waals surface area contributed by atoms with Gasteiger partial charge < -0.3 is 0 Å². The molecule has 0 fully saturated rings. The molecular formula is C38H24S. The van der Waals surface area contributed by atoms with Crippen LogP contribution in [0.25, 0.3) is 53.6 Å². The van der Waals surface area contributed by atoms with Crippen molar-refractivity contribution < 1.29 is 0 Å². The second-order valence-electron chi connectivity index (χ2n) is 10.9. The molecule has 39 heavy (non-hydrogen) atoms. The number of fused-ring (bicyclic) bond motifs is 13. The molecule has 0 N–H and O–H groups in total. The van der Waals surface area contributed by atoms with Gasteiger partial charge in [-0.15, -0.1) is 11.3 Å². The second-order valence-corrected chi connectivity index (χ2v) is 12.0. The molecule has 2 aliphatic rings.